The Morgan fingerprint density at radius 3 is 2.35 bits per heavy atom. The summed E-state index contributed by atoms with van der Waals surface area (Å²) in [5.74, 6) is 1.57. The molecule has 2 saturated heterocycles. The van der Waals surface area contributed by atoms with Gasteiger partial charge in [-0.3, -0.25) is 0 Å². The standard InChI is InChI=1S/C13H20O2.C2H6/c1-12(2)9-4-3-8-5-6-10-11(14-10)13(8,7-9)15-12;1-2/h8-11H,3-7H2,1-2H3;1-2H3. The van der Waals surface area contributed by atoms with Crippen molar-refractivity contribution in [1.82, 2.24) is 0 Å². The number of fused-ring (bicyclic) bond motifs is 2. The highest BCUT2D eigenvalue weighted by atomic mass is 16.6. The van der Waals surface area contributed by atoms with Gasteiger partial charge in [-0.25, -0.2) is 0 Å². The van der Waals surface area contributed by atoms with Gasteiger partial charge in [0.25, 0.3) is 0 Å². The van der Waals surface area contributed by atoms with Crippen molar-refractivity contribution < 1.29 is 9.47 Å². The van der Waals surface area contributed by atoms with Crippen LogP contribution in [0.2, 0.25) is 0 Å². The molecule has 4 fully saturated rings. The summed E-state index contributed by atoms with van der Waals surface area (Å²) >= 11 is 0. The lowest BCUT2D eigenvalue weighted by molar-refractivity contribution is -0.131. The molecule has 0 aromatic heterocycles. The van der Waals surface area contributed by atoms with E-state index < -0.39 is 0 Å². The first kappa shape index (κ1) is 12.0. The molecule has 2 aliphatic carbocycles. The topological polar surface area (TPSA) is 21.8 Å². The average Bonchev–Trinajstić information content (AvgIpc) is 3.06. The number of ether oxygens (including phenoxy) is 2. The van der Waals surface area contributed by atoms with Gasteiger partial charge in [-0.05, 0) is 57.8 Å². The van der Waals surface area contributed by atoms with E-state index in [0.29, 0.717) is 12.2 Å². The monoisotopic (exact) mass is 238 g/mol. The summed E-state index contributed by atoms with van der Waals surface area (Å²) in [6.07, 6.45) is 7.65. The number of rotatable bonds is 0. The van der Waals surface area contributed by atoms with E-state index in [-0.39, 0.29) is 11.2 Å². The van der Waals surface area contributed by atoms with E-state index in [0.717, 1.165) is 11.8 Å². The normalized spacial score (nSPS) is 52.9. The van der Waals surface area contributed by atoms with Gasteiger partial charge in [-0.2, -0.15) is 0 Å². The molecule has 5 atom stereocenters. The van der Waals surface area contributed by atoms with Crippen LogP contribution in [0.15, 0.2) is 0 Å². The first-order valence-electron chi connectivity index (χ1n) is 7.47. The van der Waals surface area contributed by atoms with E-state index in [4.69, 9.17) is 9.47 Å². The van der Waals surface area contributed by atoms with Gasteiger partial charge in [-0.1, -0.05) is 13.8 Å². The van der Waals surface area contributed by atoms with Crippen molar-refractivity contribution in [2.24, 2.45) is 11.8 Å². The zero-order valence-electron chi connectivity index (χ0n) is 11.7. The van der Waals surface area contributed by atoms with E-state index >= 15 is 0 Å². The van der Waals surface area contributed by atoms with Crippen LogP contribution >= 0.6 is 0 Å². The Balaban J connectivity index is 0.000000431. The summed E-state index contributed by atoms with van der Waals surface area (Å²) in [5, 5.41) is 0. The third kappa shape index (κ3) is 1.53. The third-order valence-corrected chi connectivity index (χ3v) is 5.42. The van der Waals surface area contributed by atoms with E-state index in [2.05, 4.69) is 13.8 Å². The molecule has 4 aliphatic rings. The first-order chi connectivity index (χ1) is 8.12. The molecule has 2 aliphatic heterocycles. The Morgan fingerprint density at radius 2 is 1.59 bits per heavy atom. The highest BCUT2D eigenvalue weighted by Gasteiger charge is 2.69. The lowest BCUT2D eigenvalue weighted by Crippen LogP contribution is -2.48. The van der Waals surface area contributed by atoms with Crippen molar-refractivity contribution in [3.05, 3.63) is 0 Å². The molecule has 0 N–H and O–H groups in total. The summed E-state index contributed by atoms with van der Waals surface area (Å²) in [6.45, 7) is 8.56. The van der Waals surface area contributed by atoms with Crippen molar-refractivity contribution in [3.63, 3.8) is 0 Å². The van der Waals surface area contributed by atoms with Gasteiger partial charge >= 0.3 is 0 Å². The lowest BCUT2D eigenvalue weighted by atomic mass is 9.64. The highest BCUT2D eigenvalue weighted by Crippen LogP contribution is 2.62. The fourth-order valence-corrected chi connectivity index (χ4v) is 4.54. The Hall–Kier alpha value is -0.0800. The molecule has 2 bridgehead atoms. The Morgan fingerprint density at radius 1 is 0.941 bits per heavy atom. The molecule has 2 nitrogen and oxygen atoms in total. The summed E-state index contributed by atoms with van der Waals surface area (Å²) in [6, 6.07) is 0. The lowest BCUT2D eigenvalue weighted by Gasteiger charge is -2.41. The van der Waals surface area contributed by atoms with E-state index in [9.17, 15) is 0 Å². The van der Waals surface area contributed by atoms with Gasteiger partial charge in [0.05, 0.1) is 11.7 Å². The van der Waals surface area contributed by atoms with Crippen LogP contribution in [0.1, 0.15) is 59.8 Å². The van der Waals surface area contributed by atoms with Crippen molar-refractivity contribution in [1.29, 1.82) is 0 Å². The highest BCUT2D eigenvalue weighted by molar-refractivity contribution is 5.17. The molecule has 4 rings (SSSR count). The minimum Gasteiger partial charge on any atom is -0.366 e. The van der Waals surface area contributed by atoms with Gasteiger partial charge in [0.1, 0.15) is 11.7 Å². The fourth-order valence-electron chi connectivity index (χ4n) is 4.54. The molecule has 2 saturated carbocycles. The van der Waals surface area contributed by atoms with E-state index in [1.165, 1.54) is 32.1 Å². The van der Waals surface area contributed by atoms with Gasteiger partial charge < -0.3 is 9.47 Å². The number of hydrogen-bond acceptors (Lipinski definition) is 2. The quantitative estimate of drug-likeness (QED) is 0.602. The Kier molecular flexibility index (Phi) is 2.61. The maximum atomic E-state index is 6.49. The predicted octanol–water partition coefficient (Wildman–Crippen LogP) is 3.54. The van der Waals surface area contributed by atoms with Gasteiger partial charge in [0.2, 0.25) is 0 Å². The maximum absolute atomic E-state index is 6.49. The molecule has 98 valence electrons. The Bertz CT molecular complexity index is 312. The van der Waals surface area contributed by atoms with Gasteiger partial charge in [0, 0.05) is 0 Å². The second-order valence-corrected chi connectivity index (χ2v) is 6.51. The van der Waals surface area contributed by atoms with Crippen LogP contribution in [-0.2, 0) is 9.47 Å². The van der Waals surface area contributed by atoms with Crippen molar-refractivity contribution in [3.8, 4) is 0 Å². The van der Waals surface area contributed by atoms with Crippen molar-refractivity contribution in [2.45, 2.75) is 83.2 Å². The summed E-state index contributed by atoms with van der Waals surface area (Å²) in [4.78, 5) is 0. The molecule has 17 heavy (non-hydrogen) atoms. The van der Waals surface area contributed by atoms with Crippen LogP contribution in [0.4, 0.5) is 0 Å². The molecule has 0 amide bonds. The third-order valence-electron chi connectivity index (χ3n) is 5.42. The minimum absolute atomic E-state index is 0.0998. The van der Waals surface area contributed by atoms with Crippen LogP contribution < -0.4 is 0 Å². The molecular weight excluding hydrogens is 212 g/mol. The van der Waals surface area contributed by atoms with Crippen LogP contribution in [0.25, 0.3) is 0 Å². The average molecular weight is 238 g/mol. The van der Waals surface area contributed by atoms with Crippen molar-refractivity contribution >= 4 is 0 Å². The zero-order valence-corrected chi connectivity index (χ0v) is 11.7. The smallest absolute Gasteiger partial charge is 0.113 e. The first-order valence-corrected chi connectivity index (χ1v) is 7.47. The molecule has 0 aromatic carbocycles. The summed E-state index contributed by atoms with van der Waals surface area (Å²) < 4.78 is 12.3. The van der Waals surface area contributed by atoms with E-state index in [1.54, 1.807) is 0 Å². The second-order valence-electron chi connectivity index (χ2n) is 6.51. The van der Waals surface area contributed by atoms with Crippen LogP contribution in [-0.4, -0.2) is 23.4 Å². The molecule has 0 radical (unpaired) electrons. The second kappa shape index (κ2) is 3.71. The molecular formula is C15H26O2. The molecule has 1 spiro atoms. The van der Waals surface area contributed by atoms with Crippen molar-refractivity contribution in [2.75, 3.05) is 0 Å². The van der Waals surface area contributed by atoms with Crippen LogP contribution in [0.3, 0.4) is 0 Å². The Labute approximate surface area is 105 Å². The summed E-state index contributed by atoms with van der Waals surface area (Å²) in [5.41, 5.74) is 0.234. The maximum Gasteiger partial charge on any atom is 0.113 e. The molecule has 2 heteroatoms. The molecule has 5 unspecified atom stereocenters. The summed E-state index contributed by atoms with van der Waals surface area (Å²) in [7, 11) is 0. The number of hydrogen-bond donors (Lipinski definition) is 0. The van der Waals surface area contributed by atoms with Crippen LogP contribution in [0, 0.1) is 11.8 Å². The minimum atomic E-state index is 0.0998. The fraction of sp³-hybridized carbons (Fsp3) is 1.00. The van der Waals surface area contributed by atoms with Crippen LogP contribution in [0.5, 0.6) is 0 Å². The zero-order chi connectivity index (χ0) is 12.3. The number of epoxide rings is 1. The SMILES string of the molecule is CC.CC1(C)OC23CC1CCC2CCC1OC13. The van der Waals surface area contributed by atoms with Gasteiger partial charge in [0.15, 0.2) is 0 Å². The predicted molar refractivity (Wildman–Crippen MR) is 68.0 cm³/mol. The van der Waals surface area contributed by atoms with Gasteiger partial charge in [-0.15, -0.1) is 0 Å². The molecule has 0 aromatic rings. The largest absolute Gasteiger partial charge is 0.366 e. The van der Waals surface area contributed by atoms with E-state index in [1.807, 2.05) is 13.8 Å². The molecule has 2 heterocycles.